The Balaban J connectivity index is 1.56. The number of nitrogens with zero attached hydrogens (tertiary/aromatic N) is 2. The predicted molar refractivity (Wildman–Crippen MR) is 89.0 cm³/mol. The maximum absolute atomic E-state index is 11.8. The molecular formula is C17H17N3OS. The Morgan fingerprint density at radius 2 is 2.05 bits per heavy atom. The Labute approximate surface area is 133 Å². The van der Waals surface area contributed by atoms with E-state index in [4.69, 9.17) is 0 Å². The molecule has 3 rings (SSSR count). The number of aromatic nitrogens is 2. The summed E-state index contributed by atoms with van der Waals surface area (Å²) in [6.45, 7) is 0.639. The molecule has 1 aromatic carbocycles. The van der Waals surface area contributed by atoms with Crippen LogP contribution in [-0.2, 0) is 13.5 Å². The predicted octanol–water partition coefficient (Wildman–Crippen LogP) is 3.12. The fraction of sp³-hybridized carbons (Fsp3) is 0.176. The van der Waals surface area contributed by atoms with Gasteiger partial charge in [-0.05, 0) is 35.1 Å². The molecule has 2 aromatic heterocycles. The molecule has 0 atom stereocenters. The Bertz CT molecular complexity index is 745. The Morgan fingerprint density at radius 1 is 1.23 bits per heavy atom. The van der Waals surface area contributed by atoms with Gasteiger partial charge in [0.1, 0.15) is 0 Å². The number of rotatable bonds is 5. The van der Waals surface area contributed by atoms with Crippen LogP contribution in [0.1, 0.15) is 15.9 Å². The number of hydrogen-bond donors (Lipinski definition) is 1. The minimum Gasteiger partial charge on any atom is -0.352 e. The number of carbonyl (C=O) groups excluding carboxylic acids is 1. The third-order valence-corrected chi connectivity index (χ3v) is 4.24. The van der Waals surface area contributed by atoms with Crippen molar-refractivity contribution >= 4 is 17.2 Å². The minimum absolute atomic E-state index is 0.00671. The van der Waals surface area contributed by atoms with Crippen LogP contribution in [0, 0.1) is 0 Å². The first kappa shape index (κ1) is 14.5. The van der Waals surface area contributed by atoms with Crippen molar-refractivity contribution in [3.63, 3.8) is 0 Å². The summed E-state index contributed by atoms with van der Waals surface area (Å²) in [4.78, 5) is 11.8. The highest BCUT2D eigenvalue weighted by molar-refractivity contribution is 7.08. The van der Waals surface area contributed by atoms with E-state index in [1.807, 2.05) is 34.6 Å². The average molecular weight is 311 g/mol. The molecule has 0 aliphatic carbocycles. The zero-order chi connectivity index (χ0) is 15.4. The topological polar surface area (TPSA) is 46.9 Å². The van der Waals surface area contributed by atoms with Crippen molar-refractivity contribution in [1.82, 2.24) is 15.1 Å². The molecule has 0 fully saturated rings. The van der Waals surface area contributed by atoms with Crippen LogP contribution in [0.15, 0.2) is 53.4 Å². The fourth-order valence-corrected chi connectivity index (χ4v) is 2.95. The summed E-state index contributed by atoms with van der Waals surface area (Å²) in [5.41, 5.74) is 4.18. The van der Waals surface area contributed by atoms with Gasteiger partial charge in [-0.2, -0.15) is 16.4 Å². The van der Waals surface area contributed by atoms with Gasteiger partial charge in [0.15, 0.2) is 0 Å². The van der Waals surface area contributed by atoms with Gasteiger partial charge in [0.05, 0.1) is 5.69 Å². The molecule has 0 saturated heterocycles. The largest absolute Gasteiger partial charge is 0.352 e. The zero-order valence-corrected chi connectivity index (χ0v) is 13.1. The molecule has 3 aromatic rings. The number of nitrogens with one attached hydrogen (secondary N) is 1. The van der Waals surface area contributed by atoms with E-state index in [1.54, 1.807) is 6.20 Å². The molecule has 22 heavy (non-hydrogen) atoms. The lowest BCUT2D eigenvalue weighted by molar-refractivity contribution is 0.0954. The van der Waals surface area contributed by atoms with Crippen LogP contribution in [0.4, 0.5) is 0 Å². The van der Waals surface area contributed by atoms with Crippen molar-refractivity contribution in [1.29, 1.82) is 0 Å². The number of benzene rings is 1. The fourth-order valence-electron chi connectivity index (χ4n) is 2.32. The van der Waals surface area contributed by atoms with E-state index in [9.17, 15) is 4.79 Å². The molecule has 0 bridgehead atoms. The van der Waals surface area contributed by atoms with Crippen molar-refractivity contribution in [3.8, 4) is 11.3 Å². The van der Waals surface area contributed by atoms with Gasteiger partial charge in [-0.1, -0.05) is 24.3 Å². The van der Waals surface area contributed by atoms with Crippen LogP contribution in [0.3, 0.4) is 0 Å². The molecule has 4 nitrogen and oxygen atoms in total. The van der Waals surface area contributed by atoms with Crippen LogP contribution in [0.5, 0.6) is 0 Å². The maximum Gasteiger partial charge on any atom is 0.252 e. The third kappa shape index (κ3) is 3.26. The second-order valence-electron chi connectivity index (χ2n) is 5.05. The highest BCUT2D eigenvalue weighted by Crippen LogP contribution is 2.18. The molecule has 2 heterocycles. The second kappa shape index (κ2) is 6.58. The standard InChI is InChI=1S/C17H17N3OS/c1-20-16(7-10-19-20)14-4-2-13(3-5-14)6-9-18-17(21)15-8-11-22-12-15/h2-5,7-8,10-12H,6,9H2,1H3,(H,18,21). The van der Waals surface area contributed by atoms with Crippen LogP contribution in [0.25, 0.3) is 11.3 Å². The summed E-state index contributed by atoms with van der Waals surface area (Å²) in [6, 6.07) is 12.2. The van der Waals surface area contributed by atoms with Gasteiger partial charge in [0.25, 0.3) is 5.91 Å². The molecule has 0 radical (unpaired) electrons. The molecular weight excluding hydrogens is 294 g/mol. The summed E-state index contributed by atoms with van der Waals surface area (Å²) in [7, 11) is 1.93. The first-order chi connectivity index (χ1) is 10.7. The third-order valence-electron chi connectivity index (χ3n) is 3.55. The molecule has 0 spiro atoms. The SMILES string of the molecule is Cn1nccc1-c1ccc(CCNC(=O)c2ccsc2)cc1. The molecule has 5 heteroatoms. The van der Waals surface area contributed by atoms with Crippen molar-refractivity contribution in [2.24, 2.45) is 7.05 Å². The van der Waals surface area contributed by atoms with Gasteiger partial charge in [-0.3, -0.25) is 9.48 Å². The van der Waals surface area contributed by atoms with E-state index in [2.05, 4.69) is 34.7 Å². The van der Waals surface area contributed by atoms with Gasteiger partial charge >= 0.3 is 0 Å². The molecule has 0 saturated carbocycles. The van der Waals surface area contributed by atoms with E-state index in [0.29, 0.717) is 6.54 Å². The normalized spacial score (nSPS) is 10.6. The molecule has 0 unspecified atom stereocenters. The van der Waals surface area contributed by atoms with Gasteiger partial charge < -0.3 is 5.32 Å². The van der Waals surface area contributed by atoms with Gasteiger partial charge in [0, 0.05) is 30.7 Å². The summed E-state index contributed by atoms with van der Waals surface area (Å²) in [5.74, 6) is -0.00671. The summed E-state index contributed by atoms with van der Waals surface area (Å²) >= 11 is 1.53. The first-order valence-electron chi connectivity index (χ1n) is 7.12. The molecule has 0 aliphatic heterocycles. The lowest BCUT2D eigenvalue weighted by Crippen LogP contribution is -2.25. The van der Waals surface area contributed by atoms with Crippen LogP contribution in [0.2, 0.25) is 0 Å². The van der Waals surface area contributed by atoms with E-state index in [0.717, 1.165) is 23.2 Å². The van der Waals surface area contributed by atoms with Gasteiger partial charge in [0.2, 0.25) is 0 Å². The zero-order valence-electron chi connectivity index (χ0n) is 12.3. The van der Waals surface area contributed by atoms with Gasteiger partial charge in [-0.25, -0.2) is 0 Å². The van der Waals surface area contributed by atoms with Crippen LogP contribution in [-0.4, -0.2) is 22.2 Å². The van der Waals surface area contributed by atoms with E-state index >= 15 is 0 Å². The lowest BCUT2D eigenvalue weighted by Gasteiger charge is -2.06. The number of hydrogen-bond acceptors (Lipinski definition) is 3. The van der Waals surface area contributed by atoms with Crippen molar-refractivity contribution in [2.75, 3.05) is 6.54 Å². The summed E-state index contributed by atoms with van der Waals surface area (Å²) < 4.78 is 1.86. The van der Waals surface area contributed by atoms with E-state index < -0.39 is 0 Å². The van der Waals surface area contributed by atoms with Crippen LogP contribution >= 0.6 is 11.3 Å². The monoisotopic (exact) mass is 311 g/mol. The number of thiophene rings is 1. The number of carbonyl (C=O) groups is 1. The highest BCUT2D eigenvalue weighted by Gasteiger charge is 2.05. The number of aryl methyl sites for hydroxylation is 1. The summed E-state index contributed by atoms with van der Waals surface area (Å²) in [5, 5.41) is 10.9. The summed E-state index contributed by atoms with van der Waals surface area (Å²) in [6.07, 6.45) is 2.62. The van der Waals surface area contributed by atoms with Crippen molar-refractivity contribution in [3.05, 3.63) is 64.5 Å². The quantitative estimate of drug-likeness (QED) is 0.787. The molecule has 112 valence electrons. The average Bonchev–Trinajstić information content (AvgIpc) is 3.19. The smallest absolute Gasteiger partial charge is 0.252 e. The lowest BCUT2D eigenvalue weighted by atomic mass is 10.1. The van der Waals surface area contributed by atoms with Crippen LogP contribution < -0.4 is 5.32 Å². The molecule has 1 N–H and O–H groups in total. The second-order valence-corrected chi connectivity index (χ2v) is 5.83. The van der Waals surface area contributed by atoms with Gasteiger partial charge in [-0.15, -0.1) is 0 Å². The Hall–Kier alpha value is -2.40. The van der Waals surface area contributed by atoms with Crippen molar-refractivity contribution in [2.45, 2.75) is 6.42 Å². The minimum atomic E-state index is -0.00671. The Morgan fingerprint density at radius 3 is 2.68 bits per heavy atom. The maximum atomic E-state index is 11.8. The van der Waals surface area contributed by atoms with E-state index in [1.165, 1.54) is 16.9 Å². The first-order valence-corrected chi connectivity index (χ1v) is 8.06. The highest BCUT2D eigenvalue weighted by atomic mass is 32.1. The van der Waals surface area contributed by atoms with Crippen molar-refractivity contribution < 1.29 is 4.79 Å². The Kier molecular flexibility index (Phi) is 4.34. The van der Waals surface area contributed by atoms with E-state index in [-0.39, 0.29) is 5.91 Å². The number of amides is 1. The molecule has 0 aliphatic rings. The molecule has 1 amide bonds.